The molecule has 1 saturated heterocycles. The summed E-state index contributed by atoms with van der Waals surface area (Å²) in [6.45, 7) is 10.3. The molecule has 4 N–H and O–H groups in total. The van der Waals surface area contributed by atoms with Gasteiger partial charge in [0.05, 0.1) is 19.5 Å². The highest BCUT2D eigenvalue weighted by Crippen LogP contribution is 2.26. The minimum atomic E-state index is -1.17. The van der Waals surface area contributed by atoms with E-state index in [4.69, 9.17) is 11.2 Å². The predicted molar refractivity (Wildman–Crippen MR) is 125 cm³/mol. The van der Waals surface area contributed by atoms with Crippen molar-refractivity contribution in [3.05, 3.63) is 12.7 Å². The van der Waals surface area contributed by atoms with E-state index in [1.165, 1.54) is 11.0 Å². The van der Waals surface area contributed by atoms with Gasteiger partial charge in [-0.1, -0.05) is 26.8 Å². The highest BCUT2D eigenvalue weighted by Gasteiger charge is 2.41. The van der Waals surface area contributed by atoms with Crippen LogP contribution in [0.1, 0.15) is 40.0 Å². The lowest BCUT2D eigenvalue weighted by atomic mass is 9.85. The molecule has 1 aliphatic rings. The number of ether oxygens (including phenoxy) is 1. The minimum absolute atomic E-state index is 0.116. The Morgan fingerprint density at radius 1 is 1.27 bits per heavy atom. The summed E-state index contributed by atoms with van der Waals surface area (Å²) >= 11 is 0. The zero-order valence-electron chi connectivity index (χ0n) is 20.0. The van der Waals surface area contributed by atoms with Gasteiger partial charge >= 0.3 is 0 Å². The summed E-state index contributed by atoms with van der Waals surface area (Å²) in [5.41, 5.74) is -0.436. The van der Waals surface area contributed by atoms with Gasteiger partial charge in [-0.3, -0.25) is 29.8 Å². The smallest absolute Gasteiger partial charge is 0.289 e. The summed E-state index contributed by atoms with van der Waals surface area (Å²) in [5.74, 6) is -0.110. The number of rotatable bonds is 13. The third-order valence-electron chi connectivity index (χ3n) is 5.17. The summed E-state index contributed by atoms with van der Waals surface area (Å²) in [4.78, 5) is 52.4. The van der Waals surface area contributed by atoms with Gasteiger partial charge in [-0.25, -0.2) is 0 Å². The first kappa shape index (κ1) is 28.3. The van der Waals surface area contributed by atoms with Crippen LogP contribution < -0.4 is 21.3 Å². The van der Waals surface area contributed by atoms with Crippen molar-refractivity contribution in [3.8, 4) is 12.3 Å². The Morgan fingerprint density at radius 2 is 1.97 bits per heavy atom. The second kappa shape index (κ2) is 13.7. The van der Waals surface area contributed by atoms with E-state index in [2.05, 4.69) is 33.8 Å². The average molecular weight is 464 g/mol. The average Bonchev–Trinajstić information content (AvgIpc) is 3.25. The zero-order valence-corrected chi connectivity index (χ0v) is 20.0. The number of hydrogen-bond acceptors (Lipinski definition) is 7. The molecule has 1 rings (SSSR count). The Balaban J connectivity index is 2.93. The van der Waals surface area contributed by atoms with E-state index < -0.39 is 41.1 Å². The molecular weight excluding hydrogens is 426 g/mol. The maximum atomic E-state index is 13.4. The molecule has 0 bridgehead atoms. The maximum absolute atomic E-state index is 13.4. The number of ketones is 1. The number of carbonyl (C=O) groups excluding carboxylic acids is 4. The summed E-state index contributed by atoms with van der Waals surface area (Å²) in [6, 6.07) is -2.52. The van der Waals surface area contributed by atoms with Crippen LogP contribution in [0.3, 0.4) is 0 Å². The molecule has 0 radical (unpaired) electrons. The fraction of sp³-hybridized carbons (Fsp3) is 0.652. The predicted octanol–water partition coefficient (Wildman–Crippen LogP) is -0.488. The highest BCUT2D eigenvalue weighted by atomic mass is 16.5. The Bertz CT molecular complexity index is 755. The lowest BCUT2D eigenvalue weighted by Crippen LogP contribution is -2.58. The van der Waals surface area contributed by atoms with Gasteiger partial charge in [0.25, 0.3) is 5.91 Å². The first-order valence-electron chi connectivity index (χ1n) is 11.0. The Kier molecular flexibility index (Phi) is 11.8. The van der Waals surface area contributed by atoms with Crippen LogP contribution in [0.15, 0.2) is 12.7 Å². The van der Waals surface area contributed by atoms with Gasteiger partial charge in [0, 0.05) is 19.5 Å². The van der Waals surface area contributed by atoms with E-state index in [1.807, 2.05) is 20.8 Å². The normalized spacial score (nSPS) is 17.5. The maximum Gasteiger partial charge on any atom is 0.289 e. The number of nitrogens with zero attached hydrogens (tertiary/aromatic N) is 1. The molecule has 0 aromatic heterocycles. The van der Waals surface area contributed by atoms with E-state index in [0.717, 1.165) is 0 Å². The number of amides is 3. The highest BCUT2D eigenvalue weighted by molar-refractivity contribution is 6.38. The van der Waals surface area contributed by atoms with E-state index in [1.54, 1.807) is 7.05 Å². The number of hydrogen-bond donors (Lipinski definition) is 4. The van der Waals surface area contributed by atoms with Gasteiger partial charge in [-0.05, 0) is 25.3 Å². The molecule has 10 nitrogen and oxygen atoms in total. The van der Waals surface area contributed by atoms with Crippen LogP contribution in [0.5, 0.6) is 0 Å². The van der Waals surface area contributed by atoms with Crippen molar-refractivity contribution >= 4 is 23.5 Å². The van der Waals surface area contributed by atoms with E-state index in [0.29, 0.717) is 26.1 Å². The second-order valence-electron chi connectivity index (χ2n) is 8.87. The number of Topliss-reactive ketones (excluding diaryl/α,β-unsaturated/α-hetero) is 1. The molecule has 184 valence electrons. The monoisotopic (exact) mass is 463 g/mol. The molecule has 1 heterocycles. The number of nitrogens with one attached hydrogen (secondary N) is 4. The molecule has 0 spiro atoms. The molecule has 0 aromatic rings. The van der Waals surface area contributed by atoms with Crippen LogP contribution in [0, 0.1) is 17.8 Å². The lowest BCUT2D eigenvalue weighted by molar-refractivity contribution is -0.144. The fourth-order valence-electron chi connectivity index (χ4n) is 3.53. The molecule has 10 heteroatoms. The molecule has 1 fully saturated rings. The standard InChI is InChI=1S/C23H37N5O5/c1-7-10-16(18(29)21(31)25-12-8-2)27-20(30)17-11-9-13-28(17)22(32)19(23(3,4)5)26-15-33-14-24-6/h1,8,16-17,19,24,26H,2,9-15H2,3-6H3,(H,25,31)(H,27,30)/t16?,17-,19+/m0/s1. The Morgan fingerprint density at radius 3 is 2.55 bits per heavy atom. The summed E-state index contributed by atoms with van der Waals surface area (Å²) in [6.07, 6.45) is 7.73. The van der Waals surface area contributed by atoms with Crippen LogP contribution in [-0.2, 0) is 23.9 Å². The molecule has 0 aliphatic carbocycles. The number of terminal acetylenes is 1. The third-order valence-corrected chi connectivity index (χ3v) is 5.17. The molecule has 0 aromatic carbocycles. The van der Waals surface area contributed by atoms with Crippen LogP contribution in [0.4, 0.5) is 0 Å². The van der Waals surface area contributed by atoms with Crippen LogP contribution >= 0.6 is 0 Å². The SMILES string of the molecule is C#CCC(NC(=O)[C@@H]1CCCN1C(=O)[C@@H](NCOCNC)C(C)(C)C)C(=O)C(=O)NCC=C. The van der Waals surface area contributed by atoms with Crippen molar-refractivity contribution in [2.24, 2.45) is 5.41 Å². The van der Waals surface area contributed by atoms with Gasteiger partial charge < -0.3 is 20.3 Å². The van der Waals surface area contributed by atoms with Crippen molar-refractivity contribution in [2.45, 2.75) is 58.2 Å². The molecule has 1 aliphatic heterocycles. The van der Waals surface area contributed by atoms with E-state index in [9.17, 15) is 19.2 Å². The van der Waals surface area contributed by atoms with Crippen molar-refractivity contribution in [3.63, 3.8) is 0 Å². The number of likely N-dealkylation sites (tertiary alicyclic amines) is 1. The molecule has 3 atom stereocenters. The molecule has 3 amide bonds. The van der Waals surface area contributed by atoms with Crippen LogP contribution in [0.25, 0.3) is 0 Å². The van der Waals surface area contributed by atoms with Crippen molar-refractivity contribution in [2.75, 3.05) is 33.6 Å². The Hall–Kier alpha value is -2.74. The van der Waals surface area contributed by atoms with Crippen LogP contribution in [-0.4, -0.2) is 80.1 Å². The fourth-order valence-corrected chi connectivity index (χ4v) is 3.53. The quantitative estimate of drug-likeness (QED) is 0.0954. The van der Waals surface area contributed by atoms with E-state index in [-0.39, 0.29) is 25.6 Å². The summed E-state index contributed by atoms with van der Waals surface area (Å²) < 4.78 is 5.38. The zero-order chi connectivity index (χ0) is 25.0. The second-order valence-corrected chi connectivity index (χ2v) is 8.87. The first-order valence-corrected chi connectivity index (χ1v) is 11.0. The summed E-state index contributed by atoms with van der Waals surface area (Å²) in [5, 5.41) is 10.9. The largest absolute Gasteiger partial charge is 0.351 e. The van der Waals surface area contributed by atoms with E-state index >= 15 is 0 Å². The first-order chi connectivity index (χ1) is 15.6. The van der Waals surface area contributed by atoms with Gasteiger partial charge in [0.2, 0.25) is 17.6 Å². The van der Waals surface area contributed by atoms with Gasteiger partial charge in [-0.15, -0.1) is 18.9 Å². The van der Waals surface area contributed by atoms with Gasteiger partial charge in [-0.2, -0.15) is 0 Å². The van der Waals surface area contributed by atoms with Crippen molar-refractivity contribution in [1.82, 2.24) is 26.2 Å². The molecule has 1 unspecified atom stereocenters. The molecular formula is C23H37N5O5. The van der Waals surface area contributed by atoms with Crippen molar-refractivity contribution < 1.29 is 23.9 Å². The van der Waals surface area contributed by atoms with Gasteiger partial charge in [0.15, 0.2) is 0 Å². The third kappa shape index (κ3) is 8.61. The van der Waals surface area contributed by atoms with Gasteiger partial charge in [0.1, 0.15) is 12.1 Å². The Labute approximate surface area is 196 Å². The number of carbonyl (C=O) groups is 4. The molecule has 0 saturated carbocycles. The summed E-state index contributed by atoms with van der Waals surface area (Å²) in [7, 11) is 1.75. The van der Waals surface area contributed by atoms with Crippen molar-refractivity contribution in [1.29, 1.82) is 0 Å². The van der Waals surface area contributed by atoms with Crippen LogP contribution in [0.2, 0.25) is 0 Å². The topological polar surface area (TPSA) is 129 Å². The lowest BCUT2D eigenvalue weighted by Gasteiger charge is -2.35. The molecule has 33 heavy (non-hydrogen) atoms. The minimum Gasteiger partial charge on any atom is -0.351 e.